The van der Waals surface area contributed by atoms with Crippen LogP contribution in [0.25, 0.3) is 10.9 Å². The van der Waals surface area contributed by atoms with Gasteiger partial charge in [-0.15, -0.1) is 0 Å². The molecule has 0 saturated heterocycles. The molecule has 0 unspecified atom stereocenters. The molecule has 0 aliphatic carbocycles. The molecular formula is C16H22N2. The van der Waals surface area contributed by atoms with Gasteiger partial charge < -0.3 is 4.57 Å². The van der Waals surface area contributed by atoms with E-state index >= 15 is 0 Å². The van der Waals surface area contributed by atoms with Gasteiger partial charge in [-0.3, -0.25) is 4.90 Å². The van der Waals surface area contributed by atoms with Gasteiger partial charge in [0, 0.05) is 42.7 Å². The lowest BCUT2D eigenvalue weighted by Gasteiger charge is -2.27. The van der Waals surface area contributed by atoms with Crippen LogP contribution in [0.15, 0.2) is 24.3 Å². The van der Waals surface area contributed by atoms with Crippen molar-refractivity contribution in [3.8, 4) is 0 Å². The second kappa shape index (κ2) is 4.77. The fourth-order valence-corrected chi connectivity index (χ4v) is 3.33. The third-order valence-corrected chi connectivity index (χ3v) is 4.10. The third-order valence-electron chi connectivity index (χ3n) is 4.10. The standard InChI is InChI=1S/C16H22N2/c1-3-10-17-11-9-16-14(12-17)13-7-5-6-8-15(13)18(16)4-2/h5-8H,3-4,9-12H2,1-2H3. The summed E-state index contributed by atoms with van der Waals surface area (Å²) in [6.45, 7) is 9.19. The van der Waals surface area contributed by atoms with Crippen molar-refractivity contribution >= 4 is 10.9 Å². The average Bonchev–Trinajstić information content (AvgIpc) is 2.72. The van der Waals surface area contributed by atoms with Gasteiger partial charge in [-0.1, -0.05) is 25.1 Å². The van der Waals surface area contributed by atoms with Crippen LogP contribution >= 0.6 is 0 Å². The molecule has 18 heavy (non-hydrogen) atoms. The van der Waals surface area contributed by atoms with E-state index in [0.717, 1.165) is 13.1 Å². The van der Waals surface area contributed by atoms with Crippen LogP contribution in [0.3, 0.4) is 0 Å². The Labute approximate surface area is 109 Å². The molecular weight excluding hydrogens is 220 g/mol. The Morgan fingerprint density at radius 2 is 2.00 bits per heavy atom. The molecule has 2 heteroatoms. The Hall–Kier alpha value is -1.28. The summed E-state index contributed by atoms with van der Waals surface area (Å²) in [5.74, 6) is 0. The highest BCUT2D eigenvalue weighted by Gasteiger charge is 2.22. The Balaban J connectivity index is 2.10. The predicted molar refractivity (Wildman–Crippen MR) is 76.9 cm³/mol. The van der Waals surface area contributed by atoms with E-state index in [4.69, 9.17) is 0 Å². The van der Waals surface area contributed by atoms with Crippen LogP contribution in [0.4, 0.5) is 0 Å². The molecule has 0 spiro atoms. The van der Waals surface area contributed by atoms with E-state index < -0.39 is 0 Å². The number of fused-ring (bicyclic) bond motifs is 3. The summed E-state index contributed by atoms with van der Waals surface area (Å²) in [6, 6.07) is 8.88. The molecule has 1 aliphatic heterocycles. The summed E-state index contributed by atoms with van der Waals surface area (Å²) in [7, 11) is 0. The Morgan fingerprint density at radius 1 is 1.17 bits per heavy atom. The zero-order valence-electron chi connectivity index (χ0n) is 11.4. The van der Waals surface area contributed by atoms with Gasteiger partial charge in [0.1, 0.15) is 0 Å². The quantitative estimate of drug-likeness (QED) is 0.800. The van der Waals surface area contributed by atoms with E-state index in [1.165, 1.54) is 36.8 Å². The normalized spacial score (nSPS) is 16.1. The van der Waals surface area contributed by atoms with Crippen LogP contribution in [-0.4, -0.2) is 22.6 Å². The van der Waals surface area contributed by atoms with Gasteiger partial charge in [0.25, 0.3) is 0 Å². The molecule has 2 aromatic rings. The molecule has 1 aromatic carbocycles. The maximum atomic E-state index is 2.59. The van der Waals surface area contributed by atoms with Gasteiger partial charge in [0.15, 0.2) is 0 Å². The lowest BCUT2D eigenvalue weighted by atomic mass is 10.0. The molecule has 96 valence electrons. The van der Waals surface area contributed by atoms with E-state index in [0.29, 0.717) is 0 Å². The number of rotatable bonds is 3. The minimum absolute atomic E-state index is 1.09. The number of aromatic nitrogens is 1. The first kappa shape index (κ1) is 11.8. The van der Waals surface area contributed by atoms with Crippen molar-refractivity contribution in [1.29, 1.82) is 0 Å². The third kappa shape index (κ3) is 1.76. The summed E-state index contributed by atoms with van der Waals surface area (Å²) in [5.41, 5.74) is 4.57. The summed E-state index contributed by atoms with van der Waals surface area (Å²) in [4.78, 5) is 2.59. The van der Waals surface area contributed by atoms with Crippen molar-refractivity contribution in [3.05, 3.63) is 35.5 Å². The number of benzene rings is 1. The van der Waals surface area contributed by atoms with Crippen molar-refractivity contribution in [3.63, 3.8) is 0 Å². The lowest BCUT2D eigenvalue weighted by Crippen LogP contribution is -2.31. The number of aryl methyl sites for hydroxylation is 1. The molecule has 1 aliphatic rings. The first-order valence-corrected chi connectivity index (χ1v) is 7.16. The number of hydrogen-bond acceptors (Lipinski definition) is 1. The SMILES string of the molecule is CCCN1CCc2c(c3ccccc3n2CC)C1. The highest BCUT2D eigenvalue weighted by molar-refractivity contribution is 5.85. The van der Waals surface area contributed by atoms with Crippen molar-refractivity contribution in [2.45, 2.75) is 39.8 Å². The van der Waals surface area contributed by atoms with Crippen molar-refractivity contribution in [2.75, 3.05) is 13.1 Å². The summed E-state index contributed by atoms with van der Waals surface area (Å²) in [5, 5.41) is 1.47. The van der Waals surface area contributed by atoms with E-state index in [1.807, 2.05) is 0 Å². The fraction of sp³-hybridized carbons (Fsp3) is 0.500. The van der Waals surface area contributed by atoms with Crippen LogP contribution in [0, 0.1) is 0 Å². The van der Waals surface area contributed by atoms with Crippen LogP contribution in [0.1, 0.15) is 31.5 Å². The van der Waals surface area contributed by atoms with Gasteiger partial charge >= 0.3 is 0 Å². The highest BCUT2D eigenvalue weighted by atomic mass is 15.1. The minimum atomic E-state index is 1.09. The first-order chi connectivity index (χ1) is 8.85. The van der Waals surface area contributed by atoms with E-state index in [2.05, 4.69) is 47.6 Å². The molecule has 3 rings (SSSR count). The zero-order chi connectivity index (χ0) is 12.5. The van der Waals surface area contributed by atoms with E-state index in [9.17, 15) is 0 Å². The van der Waals surface area contributed by atoms with Crippen LogP contribution in [-0.2, 0) is 19.5 Å². The molecule has 0 amide bonds. The Kier molecular flexibility index (Phi) is 3.13. The maximum Gasteiger partial charge on any atom is 0.0485 e. The van der Waals surface area contributed by atoms with Gasteiger partial charge in [0.2, 0.25) is 0 Å². The molecule has 0 radical (unpaired) electrons. The van der Waals surface area contributed by atoms with Crippen molar-refractivity contribution < 1.29 is 0 Å². The molecule has 0 N–H and O–H groups in total. The Bertz CT molecular complexity index is 553. The first-order valence-electron chi connectivity index (χ1n) is 7.16. The lowest BCUT2D eigenvalue weighted by molar-refractivity contribution is 0.252. The second-order valence-corrected chi connectivity index (χ2v) is 5.21. The van der Waals surface area contributed by atoms with Crippen molar-refractivity contribution in [1.82, 2.24) is 9.47 Å². The van der Waals surface area contributed by atoms with Crippen LogP contribution in [0.2, 0.25) is 0 Å². The molecule has 0 fully saturated rings. The molecule has 1 aromatic heterocycles. The predicted octanol–water partition coefficient (Wildman–Crippen LogP) is 3.43. The van der Waals surface area contributed by atoms with Gasteiger partial charge in [-0.05, 0) is 31.5 Å². The van der Waals surface area contributed by atoms with Gasteiger partial charge in [-0.25, -0.2) is 0 Å². The summed E-state index contributed by atoms with van der Waals surface area (Å²) in [6.07, 6.45) is 2.46. The molecule has 0 saturated carbocycles. The summed E-state index contributed by atoms with van der Waals surface area (Å²) >= 11 is 0. The Morgan fingerprint density at radius 3 is 2.78 bits per heavy atom. The van der Waals surface area contributed by atoms with Gasteiger partial charge in [-0.2, -0.15) is 0 Å². The van der Waals surface area contributed by atoms with Crippen molar-refractivity contribution in [2.24, 2.45) is 0 Å². The van der Waals surface area contributed by atoms with Gasteiger partial charge in [0.05, 0.1) is 0 Å². The largest absolute Gasteiger partial charge is 0.344 e. The molecule has 2 heterocycles. The summed E-state index contributed by atoms with van der Waals surface area (Å²) < 4.78 is 2.51. The number of para-hydroxylation sites is 1. The zero-order valence-corrected chi connectivity index (χ0v) is 11.4. The molecule has 0 bridgehead atoms. The number of nitrogens with zero attached hydrogens (tertiary/aromatic N) is 2. The molecule has 2 nitrogen and oxygen atoms in total. The minimum Gasteiger partial charge on any atom is -0.344 e. The average molecular weight is 242 g/mol. The number of hydrogen-bond donors (Lipinski definition) is 0. The van der Waals surface area contributed by atoms with E-state index in [1.54, 1.807) is 11.3 Å². The van der Waals surface area contributed by atoms with Crippen LogP contribution in [0.5, 0.6) is 0 Å². The second-order valence-electron chi connectivity index (χ2n) is 5.21. The monoisotopic (exact) mass is 242 g/mol. The highest BCUT2D eigenvalue weighted by Crippen LogP contribution is 2.30. The topological polar surface area (TPSA) is 8.17 Å². The maximum absolute atomic E-state index is 2.59. The van der Waals surface area contributed by atoms with Crippen LogP contribution < -0.4 is 0 Å². The van der Waals surface area contributed by atoms with E-state index in [-0.39, 0.29) is 0 Å². The fourth-order valence-electron chi connectivity index (χ4n) is 3.33. The smallest absolute Gasteiger partial charge is 0.0485 e. The molecule has 0 atom stereocenters.